The molecule has 3 rings (SSSR count). The normalized spacial score (nSPS) is 17.6. The smallest absolute Gasteiger partial charge is 0.255 e. The van der Waals surface area contributed by atoms with Crippen molar-refractivity contribution in [3.63, 3.8) is 0 Å². The second kappa shape index (κ2) is 11.4. The minimum atomic E-state index is -0.704. The summed E-state index contributed by atoms with van der Waals surface area (Å²) in [5.41, 5.74) is 0.824. The lowest BCUT2D eigenvalue weighted by Crippen LogP contribution is -2.47. The first kappa shape index (κ1) is 23.4. The van der Waals surface area contributed by atoms with Gasteiger partial charge in [0.15, 0.2) is 0 Å². The molecule has 3 amide bonds. The molecule has 1 heterocycles. The van der Waals surface area contributed by atoms with E-state index in [1.165, 1.54) is 7.11 Å². The first-order valence-electron chi connectivity index (χ1n) is 10.4. The summed E-state index contributed by atoms with van der Waals surface area (Å²) in [7, 11) is 1.53. The molecule has 32 heavy (non-hydrogen) atoms. The van der Waals surface area contributed by atoms with Crippen LogP contribution in [0.1, 0.15) is 40.0 Å². The average molecular weight is 460 g/mol. The van der Waals surface area contributed by atoms with E-state index in [9.17, 15) is 14.4 Å². The number of rotatable bonds is 3. The average Bonchev–Trinajstić information content (AvgIpc) is 2.80. The van der Waals surface area contributed by atoms with Crippen molar-refractivity contribution in [3.8, 4) is 11.5 Å². The number of benzene rings is 2. The lowest BCUT2D eigenvalue weighted by Gasteiger charge is -2.20. The van der Waals surface area contributed by atoms with Gasteiger partial charge >= 0.3 is 0 Å². The third kappa shape index (κ3) is 6.37. The Morgan fingerprint density at radius 3 is 2.62 bits per heavy atom. The predicted molar refractivity (Wildman–Crippen MR) is 120 cm³/mol. The van der Waals surface area contributed by atoms with E-state index >= 15 is 0 Å². The number of nitrogens with one attached hydrogen (secondary N) is 3. The number of amides is 3. The lowest BCUT2D eigenvalue weighted by atomic mass is 10.1. The van der Waals surface area contributed by atoms with Gasteiger partial charge in [0, 0.05) is 23.2 Å². The molecule has 0 fully saturated rings. The molecule has 1 atom stereocenters. The molecular formula is C23H26ClN3O5. The molecule has 2 aromatic rings. The first-order valence-corrected chi connectivity index (χ1v) is 10.8. The fourth-order valence-electron chi connectivity index (χ4n) is 3.28. The number of methoxy groups -OCH3 is 1. The SMILES string of the molecule is COc1ccc2c(c1)OCCNC(=O)[C@@H](NC(=O)c1ccc(Cl)cc1)CCCCNC2=O. The van der Waals surface area contributed by atoms with Crippen LogP contribution >= 0.6 is 11.6 Å². The third-order valence-electron chi connectivity index (χ3n) is 5.03. The van der Waals surface area contributed by atoms with E-state index in [1.807, 2.05) is 0 Å². The van der Waals surface area contributed by atoms with E-state index in [0.717, 1.165) is 0 Å². The van der Waals surface area contributed by atoms with Gasteiger partial charge in [-0.2, -0.15) is 0 Å². The van der Waals surface area contributed by atoms with Gasteiger partial charge in [0.05, 0.1) is 19.2 Å². The molecule has 0 aromatic heterocycles. The van der Waals surface area contributed by atoms with Crippen LogP contribution in [0.3, 0.4) is 0 Å². The van der Waals surface area contributed by atoms with E-state index in [0.29, 0.717) is 53.5 Å². The minimum Gasteiger partial charge on any atom is -0.497 e. The zero-order valence-corrected chi connectivity index (χ0v) is 18.5. The Balaban J connectivity index is 1.68. The Morgan fingerprint density at radius 2 is 1.88 bits per heavy atom. The fraction of sp³-hybridized carbons (Fsp3) is 0.348. The molecular weight excluding hydrogens is 434 g/mol. The van der Waals surface area contributed by atoms with E-state index in [4.69, 9.17) is 21.1 Å². The van der Waals surface area contributed by atoms with Crippen LogP contribution in [0.4, 0.5) is 0 Å². The van der Waals surface area contributed by atoms with Crippen molar-refractivity contribution in [1.82, 2.24) is 16.0 Å². The summed E-state index contributed by atoms with van der Waals surface area (Å²) in [5, 5.41) is 8.97. The minimum absolute atomic E-state index is 0.150. The highest BCUT2D eigenvalue weighted by molar-refractivity contribution is 6.30. The standard InChI is InChI=1S/C23H26ClN3O5/c1-31-17-9-10-18-20(14-17)32-13-12-26-23(30)19(4-2-3-11-25-22(18)29)27-21(28)15-5-7-16(24)8-6-15/h5-10,14,19H,2-4,11-13H2,1H3,(H,25,29)(H,26,30)(H,27,28)/t19-/m0/s1. The molecule has 0 aliphatic carbocycles. The molecule has 0 saturated heterocycles. The maximum absolute atomic E-state index is 12.7. The van der Waals surface area contributed by atoms with E-state index in [-0.39, 0.29) is 30.9 Å². The topological polar surface area (TPSA) is 106 Å². The summed E-state index contributed by atoms with van der Waals surface area (Å²) < 4.78 is 10.9. The molecule has 170 valence electrons. The van der Waals surface area contributed by atoms with Gasteiger partial charge in [-0.1, -0.05) is 11.6 Å². The molecule has 9 heteroatoms. The van der Waals surface area contributed by atoms with Crippen LogP contribution in [0.25, 0.3) is 0 Å². The van der Waals surface area contributed by atoms with Gasteiger partial charge in [0.2, 0.25) is 5.91 Å². The Morgan fingerprint density at radius 1 is 1.09 bits per heavy atom. The van der Waals surface area contributed by atoms with Crippen LogP contribution in [0.2, 0.25) is 5.02 Å². The van der Waals surface area contributed by atoms with Crippen LogP contribution < -0.4 is 25.4 Å². The van der Waals surface area contributed by atoms with Crippen molar-refractivity contribution in [2.24, 2.45) is 0 Å². The van der Waals surface area contributed by atoms with Crippen LogP contribution in [-0.2, 0) is 4.79 Å². The molecule has 1 aliphatic heterocycles. The highest BCUT2D eigenvalue weighted by Gasteiger charge is 2.22. The molecule has 0 radical (unpaired) electrons. The van der Waals surface area contributed by atoms with Crippen molar-refractivity contribution < 1.29 is 23.9 Å². The number of hydrogen-bond acceptors (Lipinski definition) is 5. The van der Waals surface area contributed by atoms with E-state index in [2.05, 4.69) is 16.0 Å². The van der Waals surface area contributed by atoms with Crippen molar-refractivity contribution in [2.75, 3.05) is 26.8 Å². The highest BCUT2D eigenvalue weighted by atomic mass is 35.5. The Kier molecular flexibility index (Phi) is 8.33. The molecule has 0 bridgehead atoms. The molecule has 3 N–H and O–H groups in total. The van der Waals surface area contributed by atoms with Crippen LogP contribution in [0, 0.1) is 0 Å². The summed E-state index contributed by atoms with van der Waals surface area (Å²) in [5.74, 6) is 0.0557. The molecule has 2 aromatic carbocycles. The summed E-state index contributed by atoms with van der Waals surface area (Å²) >= 11 is 5.87. The summed E-state index contributed by atoms with van der Waals surface area (Å²) in [6, 6.07) is 10.7. The van der Waals surface area contributed by atoms with Gasteiger partial charge in [-0.05, 0) is 55.7 Å². The van der Waals surface area contributed by atoms with Gasteiger partial charge < -0.3 is 25.4 Å². The zero-order chi connectivity index (χ0) is 22.9. The van der Waals surface area contributed by atoms with Gasteiger partial charge in [0.25, 0.3) is 11.8 Å². The van der Waals surface area contributed by atoms with E-state index in [1.54, 1.807) is 42.5 Å². The number of carbonyl (C=O) groups is 3. The maximum atomic E-state index is 12.7. The van der Waals surface area contributed by atoms with E-state index < -0.39 is 6.04 Å². The third-order valence-corrected chi connectivity index (χ3v) is 5.28. The van der Waals surface area contributed by atoms with Crippen molar-refractivity contribution in [3.05, 3.63) is 58.6 Å². The quantitative estimate of drug-likeness (QED) is 0.654. The fourth-order valence-corrected chi connectivity index (χ4v) is 3.40. The second-order valence-electron chi connectivity index (χ2n) is 7.29. The second-order valence-corrected chi connectivity index (χ2v) is 7.72. The Labute approximate surface area is 191 Å². The van der Waals surface area contributed by atoms with Crippen LogP contribution in [-0.4, -0.2) is 50.6 Å². The molecule has 0 spiro atoms. The zero-order valence-electron chi connectivity index (χ0n) is 17.8. The monoisotopic (exact) mass is 459 g/mol. The van der Waals surface area contributed by atoms with Crippen molar-refractivity contribution >= 4 is 29.3 Å². The number of fused-ring (bicyclic) bond motifs is 1. The molecule has 8 nitrogen and oxygen atoms in total. The van der Waals surface area contributed by atoms with Gasteiger partial charge in [-0.25, -0.2) is 0 Å². The molecule has 0 unspecified atom stereocenters. The van der Waals surface area contributed by atoms with Gasteiger partial charge in [0.1, 0.15) is 24.1 Å². The number of carbonyl (C=O) groups excluding carboxylic acids is 3. The molecule has 0 saturated carbocycles. The lowest BCUT2D eigenvalue weighted by molar-refractivity contribution is -0.123. The predicted octanol–water partition coefficient (Wildman–Crippen LogP) is 2.56. The van der Waals surface area contributed by atoms with Crippen LogP contribution in [0.5, 0.6) is 11.5 Å². The largest absolute Gasteiger partial charge is 0.497 e. The summed E-state index contributed by atoms with van der Waals surface area (Å²) in [6.07, 6.45) is 1.74. The summed E-state index contributed by atoms with van der Waals surface area (Å²) in [4.78, 5) is 37.8. The van der Waals surface area contributed by atoms with Crippen molar-refractivity contribution in [2.45, 2.75) is 25.3 Å². The molecule has 1 aliphatic rings. The maximum Gasteiger partial charge on any atom is 0.255 e. The number of hydrogen-bond donors (Lipinski definition) is 3. The highest BCUT2D eigenvalue weighted by Crippen LogP contribution is 2.25. The van der Waals surface area contributed by atoms with Crippen molar-refractivity contribution in [1.29, 1.82) is 0 Å². The van der Waals surface area contributed by atoms with Gasteiger partial charge in [-0.3, -0.25) is 14.4 Å². The first-order chi connectivity index (χ1) is 15.5. The number of halogens is 1. The van der Waals surface area contributed by atoms with Crippen LogP contribution in [0.15, 0.2) is 42.5 Å². The van der Waals surface area contributed by atoms with Gasteiger partial charge in [-0.15, -0.1) is 0 Å². The Bertz CT molecular complexity index is 965. The Hall–Kier alpha value is -3.26. The number of ether oxygens (including phenoxy) is 2. The summed E-state index contributed by atoms with van der Waals surface area (Å²) in [6.45, 7) is 0.797.